The maximum atomic E-state index is 6.03. The van der Waals surface area contributed by atoms with Crippen LogP contribution in [0.25, 0.3) is 43.1 Å². The van der Waals surface area contributed by atoms with E-state index in [0.29, 0.717) is 11.4 Å². The summed E-state index contributed by atoms with van der Waals surface area (Å²) in [4.78, 5) is 0. The van der Waals surface area contributed by atoms with E-state index in [2.05, 4.69) is 36.4 Å². The fraction of sp³-hybridized carbons (Fsp3) is 0. The first-order valence-electron chi connectivity index (χ1n) is 10.5. The second-order valence-electron chi connectivity index (χ2n) is 7.90. The van der Waals surface area contributed by atoms with Gasteiger partial charge in [-0.15, -0.1) is 0 Å². The van der Waals surface area contributed by atoms with Crippen LogP contribution in [-0.4, -0.2) is 0 Å². The second-order valence-corrected chi connectivity index (χ2v) is 7.90. The largest absolute Gasteiger partial charge is 0.398 e. The Hall–Kier alpha value is -4.44. The summed E-state index contributed by atoms with van der Waals surface area (Å²) >= 11 is 0. The Morgan fingerprint density at radius 1 is 0.344 bits per heavy atom. The number of benzene rings is 6. The smallest absolute Gasteiger partial charge is 0.0627 e. The maximum Gasteiger partial charge on any atom is 0.0627 e. The molecule has 0 aliphatic heterocycles. The van der Waals surface area contributed by atoms with Crippen LogP contribution in [0.3, 0.4) is 0 Å². The van der Waals surface area contributed by atoms with Crippen molar-refractivity contribution in [3.05, 3.63) is 97.1 Å². The maximum absolute atomic E-state index is 6.03. The fourth-order valence-electron chi connectivity index (χ4n) is 4.33. The van der Waals surface area contributed by atoms with Gasteiger partial charge < -0.3 is 22.9 Å². The Morgan fingerprint density at radius 3 is 1.84 bits per heavy atom. The van der Waals surface area contributed by atoms with Crippen molar-refractivity contribution in [1.29, 1.82) is 0 Å². The Kier molecular flexibility index (Phi) is 4.68. The van der Waals surface area contributed by atoms with Gasteiger partial charge in [0.25, 0.3) is 0 Å². The van der Waals surface area contributed by atoms with Crippen LogP contribution in [0.1, 0.15) is 0 Å². The summed E-state index contributed by atoms with van der Waals surface area (Å²) < 4.78 is 0. The third kappa shape index (κ3) is 3.19. The van der Waals surface area contributed by atoms with Crippen molar-refractivity contribution >= 4 is 65.8 Å². The molecular weight excluding hydrogens is 392 g/mol. The van der Waals surface area contributed by atoms with Gasteiger partial charge in [-0.1, -0.05) is 78.9 Å². The van der Waals surface area contributed by atoms with E-state index in [0.717, 1.165) is 43.7 Å². The summed E-state index contributed by atoms with van der Waals surface area (Å²) in [5.41, 5.74) is 26.7. The number of nitrogen functional groups attached to an aromatic ring is 4. The molecule has 4 nitrogen and oxygen atoms in total. The molecule has 32 heavy (non-hydrogen) atoms. The number of rotatable bonds is 0. The van der Waals surface area contributed by atoms with Crippen LogP contribution in [-0.2, 0) is 0 Å². The first-order valence-corrected chi connectivity index (χ1v) is 10.5. The average molecular weight is 417 g/mol. The van der Waals surface area contributed by atoms with E-state index in [1.807, 2.05) is 60.7 Å². The Labute approximate surface area is 186 Å². The van der Waals surface area contributed by atoms with Crippen molar-refractivity contribution in [2.75, 3.05) is 22.9 Å². The standard InChI is InChI=1S/2C14H12N2/c15-12-5-2-4-11-10(12)8-7-9-3-1-6-13(16)14(9)11;15-13-8-7-11-10-4-2-1-3-9(10)5-6-12(11)14(13)16/h2*1-8H,15-16H2. The molecule has 4 heteroatoms. The Bertz CT molecular complexity index is 1620. The van der Waals surface area contributed by atoms with Crippen LogP contribution in [0.5, 0.6) is 0 Å². The van der Waals surface area contributed by atoms with Crippen LogP contribution in [0.2, 0.25) is 0 Å². The van der Waals surface area contributed by atoms with E-state index in [1.54, 1.807) is 0 Å². The third-order valence-corrected chi connectivity index (χ3v) is 5.97. The number of nitrogens with two attached hydrogens (primary N) is 4. The molecular formula is C28H24N4. The minimum Gasteiger partial charge on any atom is -0.398 e. The lowest BCUT2D eigenvalue weighted by atomic mass is 10.00. The highest BCUT2D eigenvalue weighted by Crippen LogP contribution is 2.33. The summed E-state index contributed by atoms with van der Waals surface area (Å²) in [5.74, 6) is 0. The van der Waals surface area contributed by atoms with Crippen molar-refractivity contribution in [2.45, 2.75) is 0 Å². The molecule has 6 aromatic rings. The van der Waals surface area contributed by atoms with Crippen molar-refractivity contribution in [3.8, 4) is 0 Å². The molecule has 0 aliphatic rings. The molecule has 0 fully saturated rings. The monoisotopic (exact) mass is 416 g/mol. The van der Waals surface area contributed by atoms with E-state index in [4.69, 9.17) is 22.9 Å². The van der Waals surface area contributed by atoms with E-state index in [9.17, 15) is 0 Å². The molecule has 0 unspecified atom stereocenters. The molecule has 0 amide bonds. The van der Waals surface area contributed by atoms with Crippen LogP contribution in [0.15, 0.2) is 97.1 Å². The Morgan fingerprint density at radius 2 is 0.969 bits per heavy atom. The Balaban J connectivity index is 0.000000135. The topological polar surface area (TPSA) is 104 Å². The normalized spacial score (nSPS) is 11.0. The summed E-state index contributed by atoms with van der Waals surface area (Å²) in [6.45, 7) is 0. The molecule has 0 atom stereocenters. The number of hydrogen-bond donors (Lipinski definition) is 4. The first kappa shape index (κ1) is 19.5. The highest BCUT2D eigenvalue weighted by Gasteiger charge is 2.05. The average Bonchev–Trinajstić information content (AvgIpc) is 2.82. The lowest BCUT2D eigenvalue weighted by Crippen LogP contribution is -1.95. The third-order valence-electron chi connectivity index (χ3n) is 5.97. The van der Waals surface area contributed by atoms with Gasteiger partial charge in [0.05, 0.1) is 11.4 Å². The van der Waals surface area contributed by atoms with Gasteiger partial charge in [0, 0.05) is 27.5 Å². The fourth-order valence-corrected chi connectivity index (χ4v) is 4.33. The molecule has 0 saturated carbocycles. The molecule has 0 heterocycles. The predicted octanol–water partition coefficient (Wildman–Crippen LogP) is 6.31. The zero-order chi connectivity index (χ0) is 22.2. The van der Waals surface area contributed by atoms with Crippen molar-refractivity contribution in [1.82, 2.24) is 0 Å². The lowest BCUT2D eigenvalue weighted by molar-refractivity contribution is 1.72. The van der Waals surface area contributed by atoms with Gasteiger partial charge in [-0.25, -0.2) is 0 Å². The van der Waals surface area contributed by atoms with Gasteiger partial charge in [-0.05, 0) is 45.1 Å². The zero-order valence-corrected chi connectivity index (χ0v) is 17.5. The highest BCUT2D eigenvalue weighted by molar-refractivity contribution is 6.15. The van der Waals surface area contributed by atoms with Gasteiger partial charge in [0.1, 0.15) is 0 Å². The molecule has 156 valence electrons. The molecule has 6 aromatic carbocycles. The highest BCUT2D eigenvalue weighted by atomic mass is 14.7. The zero-order valence-electron chi connectivity index (χ0n) is 17.5. The van der Waals surface area contributed by atoms with Gasteiger partial charge in [-0.2, -0.15) is 0 Å². The SMILES string of the molecule is Nc1ccc2c(ccc3ccccc32)c1N.Nc1cccc2c1ccc1cccc(N)c12. The minimum atomic E-state index is 0.641. The second kappa shape index (κ2) is 7.67. The summed E-state index contributed by atoms with van der Waals surface area (Å²) in [7, 11) is 0. The molecule has 0 aromatic heterocycles. The van der Waals surface area contributed by atoms with Crippen molar-refractivity contribution < 1.29 is 0 Å². The molecule has 0 spiro atoms. The minimum absolute atomic E-state index is 0.641. The molecule has 0 saturated heterocycles. The quantitative estimate of drug-likeness (QED) is 0.172. The summed E-state index contributed by atoms with van der Waals surface area (Å²) in [5, 5.41) is 9.04. The van der Waals surface area contributed by atoms with Gasteiger partial charge >= 0.3 is 0 Å². The van der Waals surface area contributed by atoms with E-state index in [1.165, 1.54) is 10.8 Å². The molecule has 8 N–H and O–H groups in total. The van der Waals surface area contributed by atoms with Crippen LogP contribution in [0, 0.1) is 0 Å². The first-order chi connectivity index (χ1) is 15.5. The number of anilines is 4. The van der Waals surface area contributed by atoms with Crippen LogP contribution >= 0.6 is 0 Å². The van der Waals surface area contributed by atoms with Crippen molar-refractivity contribution in [3.63, 3.8) is 0 Å². The van der Waals surface area contributed by atoms with Gasteiger partial charge in [-0.3, -0.25) is 0 Å². The number of hydrogen-bond acceptors (Lipinski definition) is 4. The van der Waals surface area contributed by atoms with E-state index < -0.39 is 0 Å². The van der Waals surface area contributed by atoms with Crippen molar-refractivity contribution in [2.24, 2.45) is 0 Å². The summed E-state index contributed by atoms with van der Waals surface area (Å²) in [6, 6.07) is 32.3. The van der Waals surface area contributed by atoms with Crippen LogP contribution < -0.4 is 22.9 Å². The van der Waals surface area contributed by atoms with Gasteiger partial charge in [0.15, 0.2) is 0 Å². The predicted molar refractivity (Wildman–Crippen MR) is 141 cm³/mol. The molecule has 0 radical (unpaired) electrons. The van der Waals surface area contributed by atoms with E-state index >= 15 is 0 Å². The molecule has 0 aliphatic carbocycles. The van der Waals surface area contributed by atoms with Gasteiger partial charge in [0.2, 0.25) is 0 Å². The summed E-state index contributed by atoms with van der Waals surface area (Å²) in [6.07, 6.45) is 0. The lowest BCUT2D eigenvalue weighted by Gasteiger charge is -2.08. The molecule has 6 rings (SSSR count). The number of fused-ring (bicyclic) bond motifs is 6. The van der Waals surface area contributed by atoms with Crippen LogP contribution in [0.4, 0.5) is 22.7 Å². The van der Waals surface area contributed by atoms with E-state index in [-0.39, 0.29) is 0 Å². The molecule has 0 bridgehead atoms.